The molecule has 0 radical (unpaired) electrons. The molecule has 0 bridgehead atoms. The zero-order chi connectivity index (χ0) is 11.5. The molecule has 86 valence electrons. The molecule has 1 N–H and O–H groups in total. The molecule has 0 aliphatic rings. The van der Waals surface area contributed by atoms with Crippen molar-refractivity contribution in [3.05, 3.63) is 0 Å². The van der Waals surface area contributed by atoms with E-state index in [0.29, 0.717) is 6.54 Å². The Labute approximate surface area is 97.0 Å². The van der Waals surface area contributed by atoms with Crippen LogP contribution in [0.5, 0.6) is 0 Å². The standard InChI is InChI=1S/C11H20N2OS/c1-4-8-15-9-7-12-10-11(14)13(5-2)6-3/h1,12H,5-10H2,2-3H3. The first-order chi connectivity index (χ1) is 7.26. The van der Waals surface area contributed by atoms with Gasteiger partial charge >= 0.3 is 0 Å². The number of amides is 1. The molecule has 1 amide bonds. The minimum absolute atomic E-state index is 0.168. The average Bonchev–Trinajstić information content (AvgIpc) is 2.25. The SMILES string of the molecule is C#CCSCCNCC(=O)N(CC)CC. The highest BCUT2D eigenvalue weighted by Gasteiger charge is 2.07. The number of nitrogens with one attached hydrogen (secondary N) is 1. The largest absolute Gasteiger partial charge is 0.342 e. The van der Waals surface area contributed by atoms with Crippen LogP contribution in [0.25, 0.3) is 0 Å². The lowest BCUT2D eigenvalue weighted by atomic mass is 10.4. The molecule has 0 aromatic carbocycles. The van der Waals surface area contributed by atoms with Crippen molar-refractivity contribution >= 4 is 17.7 Å². The third-order valence-corrected chi connectivity index (χ3v) is 2.86. The Bertz CT molecular complexity index is 209. The lowest BCUT2D eigenvalue weighted by Crippen LogP contribution is -2.38. The molecule has 0 aliphatic heterocycles. The van der Waals surface area contributed by atoms with Crippen LogP contribution in [-0.4, -0.2) is 48.5 Å². The maximum atomic E-state index is 11.5. The molecule has 0 unspecified atom stereocenters. The average molecular weight is 228 g/mol. The van der Waals surface area contributed by atoms with Gasteiger partial charge in [-0.2, -0.15) is 0 Å². The Morgan fingerprint density at radius 3 is 2.67 bits per heavy atom. The van der Waals surface area contributed by atoms with Crippen LogP contribution in [0.2, 0.25) is 0 Å². The van der Waals surface area contributed by atoms with Crippen LogP contribution in [0.4, 0.5) is 0 Å². The number of terminal acetylenes is 1. The van der Waals surface area contributed by atoms with Crippen molar-refractivity contribution in [1.82, 2.24) is 10.2 Å². The van der Waals surface area contributed by atoms with E-state index in [4.69, 9.17) is 6.42 Å². The monoisotopic (exact) mass is 228 g/mol. The summed E-state index contributed by atoms with van der Waals surface area (Å²) in [6, 6.07) is 0. The summed E-state index contributed by atoms with van der Waals surface area (Å²) in [6.07, 6.45) is 5.12. The highest BCUT2D eigenvalue weighted by atomic mass is 32.2. The van der Waals surface area contributed by atoms with Crippen molar-refractivity contribution in [1.29, 1.82) is 0 Å². The van der Waals surface area contributed by atoms with Gasteiger partial charge in [0, 0.05) is 25.4 Å². The van der Waals surface area contributed by atoms with E-state index >= 15 is 0 Å². The molecule has 0 heterocycles. The Hall–Kier alpha value is -0.660. The van der Waals surface area contributed by atoms with E-state index in [1.807, 2.05) is 18.7 Å². The number of carbonyl (C=O) groups is 1. The van der Waals surface area contributed by atoms with E-state index in [2.05, 4.69) is 11.2 Å². The van der Waals surface area contributed by atoms with Crippen LogP contribution in [0, 0.1) is 12.3 Å². The Balaban J connectivity index is 3.43. The number of hydrogen-bond donors (Lipinski definition) is 1. The summed E-state index contributed by atoms with van der Waals surface area (Å²) >= 11 is 1.70. The van der Waals surface area contributed by atoms with E-state index in [-0.39, 0.29) is 5.91 Å². The maximum Gasteiger partial charge on any atom is 0.236 e. The number of likely N-dealkylation sites (N-methyl/N-ethyl adjacent to an activating group) is 1. The van der Waals surface area contributed by atoms with E-state index in [1.165, 1.54) is 0 Å². The Kier molecular flexibility index (Phi) is 9.44. The van der Waals surface area contributed by atoms with Gasteiger partial charge in [0.2, 0.25) is 5.91 Å². The Morgan fingerprint density at radius 1 is 1.47 bits per heavy atom. The number of carbonyl (C=O) groups excluding carboxylic acids is 1. The third-order valence-electron chi connectivity index (χ3n) is 2.00. The summed E-state index contributed by atoms with van der Waals surface area (Å²) in [5, 5.41) is 3.11. The van der Waals surface area contributed by atoms with Gasteiger partial charge in [-0.3, -0.25) is 4.79 Å². The number of hydrogen-bond acceptors (Lipinski definition) is 3. The highest BCUT2D eigenvalue weighted by molar-refractivity contribution is 7.99. The molecule has 15 heavy (non-hydrogen) atoms. The van der Waals surface area contributed by atoms with Gasteiger partial charge in [-0.25, -0.2) is 0 Å². The van der Waals surface area contributed by atoms with Gasteiger partial charge in [0.15, 0.2) is 0 Å². The van der Waals surface area contributed by atoms with Crippen molar-refractivity contribution < 1.29 is 4.79 Å². The van der Waals surface area contributed by atoms with Gasteiger partial charge < -0.3 is 10.2 Å². The fourth-order valence-corrected chi connectivity index (χ4v) is 1.71. The minimum atomic E-state index is 0.168. The smallest absolute Gasteiger partial charge is 0.236 e. The normalized spacial score (nSPS) is 9.67. The third kappa shape index (κ3) is 7.29. The van der Waals surface area contributed by atoms with Crippen molar-refractivity contribution in [3.8, 4) is 12.3 Å². The number of thioether (sulfide) groups is 1. The lowest BCUT2D eigenvalue weighted by Gasteiger charge is -2.18. The first-order valence-electron chi connectivity index (χ1n) is 5.25. The van der Waals surface area contributed by atoms with Gasteiger partial charge in [-0.15, -0.1) is 18.2 Å². The first kappa shape index (κ1) is 14.3. The molecule has 0 aromatic heterocycles. The number of nitrogens with zero attached hydrogens (tertiary/aromatic N) is 1. The predicted octanol–water partition coefficient (Wildman–Crippen LogP) is 0.811. The molecule has 0 saturated carbocycles. The molecule has 0 spiro atoms. The van der Waals surface area contributed by atoms with Crippen molar-refractivity contribution in [2.45, 2.75) is 13.8 Å². The van der Waals surface area contributed by atoms with Crippen LogP contribution >= 0.6 is 11.8 Å². The summed E-state index contributed by atoms with van der Waals surface area (Å²) in [7, 11) is 0. The molecular weight excluding hydrogens is 208 g/mol. The fourth-order valence-electron chi connectivity index (χ4n) is 1.16. The molecule has 0 rings (SSSR count). The molecule has 0 aromatic rings. The summed E-state index contributed by atoms with van der Waals surface area (Å²) in [5.41, 5.74) is 0. The predicted molar refractivity (Wildman–Crippen MR) is 67.0 cm³/mol. The van der Waals surface area contributed by atoms with E-state index < -0.39 is 0 Å². The summed E-state index contributed by atoms with van der Waals surface area (Å²) in [6.45, 7) is 6.80. The second-order valence-electron chi connectivity index (χ2n) is 3.00. The second kappa shape index (κ2) is 9.88. The van der Waals surface area contributed by atoms with Gasteiger partial charge in [0.25, 0.3) is 0 Å². The van der Waals surface area contributed by atoms with Gasteiger partial charge in [0.1, 0.15) is 0 Å². The van der Waals surface area contributed by atoms with E-state index in [1.54, 1.807) is 11.8 Å². The topological polar surface area (TPSA) is 32.3 Å². The summed E-state index contributed by atoms with van der Waals surface area (Å²) in [4.78, 5) is 13.3. The molecule has 0 aliphatic carbocycles. The van der Waals surface area contributed by atoms with Gasteiger partial charge in [-0.1, -0.05) is 5.92 Å². The van der Waals surface area contributed by atoms with Crippen molar-refractivity contribution in [2.24, 2.45) is 0 Å². The van der Waals surface area contributed by atoms with E-state index in [9.17, 15) is 4.79 Å². The first-order valence-corrected chi connectivity index (χ1v) is 6.41. The zero-order valence-electron chi connectivity index (χ0n) is 9.58. The zero-order valence-corrected chi connectivity index (χ0v) is 10.4. The summed E-state index contributed by atoms with van der Waals surface area (Å²) < 4.78 is 0. The molecular formula is C11H20N2OS. The van der Waals surface area contributed by atoms with Crippen molar-refractivity contribution in [2.75, 3.05) is 37.7 Å². The van der Waals surface area contributed by atoms with Crippen LogP contribution in [-0.2, 0) is 4.79 Å². The Morgan fingerprint density at radius 2 is 2.13 bits per heavy atom. The quantitative estimate of drug-likeness (QED) is 0.493. The fraction of sp³-hybridized carbons (Fsp3) is 0.727. The summed E-state index contributed by atoms with van der Waals surface area (Å²) in [5.74, 6) is 4.43. The maximum absolute atomic E-state index is 11.5. The second-order valence-corrected chi connectivity index (χ2v) is 4.10. The molecule has 4 heteroatoms. The van der Waals surface area contributed by atoms with Gasteiger partial charge in [-0.05, 0) is 13.8 Å². The molecule has 0 saturated heterocycles. The van der Waals surface area contributed by atoms with Gasteiger partial charge in [0.05, 0.1) is 12.3 Å². The van der Waals surface area contributed by atoms with Crippen molar-refractivity contribution in [3.63, 3.8) is 0 Å². The molecule has 3 nitrogen and oxygen atoms in total. The molecule has 0 atom stereocenters. The molecule has 0 fully saturated rings. The lowest BCUT2D eigenvalue weighted by molar-refractivity contribution is -0.129. The van der Waals surface area contributed by atoms with Crippen LogP contribution in [0.15, 0.2) is 0 Å². The van der Waals surface area contributed by atoms with E-state index in [0.717, 1.165) is 31.1 Å². The van der Waals surface area contributed by atoms with Crippen LogP contribution in [0.1, 0.15) is 13.8 Å². The van der Waals surface area contributed by atoms with Crippen LogP contribution in [0.3, 0.4) is 0 Å². The van der Waals surface area contributed by atoms with Crippen LogP contribution < -0.4 is 5.32 Å². The highest BCUT2D eigenvalue weighted by Crippen LogP contribution is 1.95. The minimum Gasteiger partial charge on any atom is -0.342 e. The number of rotatable bonds is 8.